The van der Waals surface area contributed by atoms with Gasteiger partial charge < -0.3 is 10.3 Å². The molecule has 2 rings (SSSR count). The summed E-state index contributed by atoms with van der Waals surface area (Å²) in [5.41, 5.74) is 4.77. The third-order valence-corrected chi connectivity index (χ3v) is 2.02. The van der Waals surface area contributed by atoms with E-state index in [1.807, 2.05) is 24.3 Å². The topological polar surface area (TPSA) is 53.9 Å². The molecule has 0 bridgehead atoms. The molecule has 0 saturated carbocycles. The molecule has 0 saturated heterocycles. The highest BCUT2D eigenvalue weighted by molar-refractivity contribution is 5.95. The molecule has 13 heavy (non-hydrogen) atoms. The molecule has 4 nitrogen and oxygen atoms in total. The van der Waals surface area contributed by atoms with Gasteiger partial charge in [-0.3, -0.25) is 0 Å². The maximum Gasteiger partial charge on any atom is 0.279 e. The molecule has 0 unspecified atom stereocenters. The van der Waals surface area contributed by atoms with Gasteiger partial charge in [0.25, 0.3) is 5.90 Å². The fourth-order valence-corrected chi connectivity index (χ4v) is 1.40. The zero-order chi connectivity index (χ0) is 9.10. The molecule has 2 N–H and O–H groups in total. The SMILES string of the molecule is OOC1=NNCCc2ccccc21. The van der Waals surface area contributed by atoms with Crippen LogP contribution in [0.4, 0.5) is 0 Å². The molecule has 0 atom stereocenters. The van der Waals surface area contributed by atoms with Crippen LogP contribution in [-0.2, 0) is 11.3 Å². The van der Waals surface area contributed by atoms with Crippen LogP contribution < -0.4 is 5.43 Å². The maximum atomic E-state index is 8.59. The lowest BCUT2D eigenvalue weighted by molar-refractivity contribution is -0.154. The first-order valence-corrected chi connectivity index (χ1v) is 4.12. The van der Waals surface area contributed by atoms with Gasteiger partial charge in [-0.1, -0.05) is 18.2 Å². The first-order valence-electron chi connectivity index (χ1n) is 4.12. The Hall–Kier alpha value is -1.55. The van der Waals surface area contributed by atoms with E-state index < -0.39 is 0 Å². The number of hydrazone groups is 1. The van der Waals surface area contributed by atoms with Crippen LogP contribution in [0, 0.1) is 0 Å². The predicted octanol–water partition coefficient (Wildman–Crippen LogP) is 0.984. The van der Waals surface area contributed by atoms with Gasteiger partial charge in [0.1, 0.15) is 0 Å². The van der Waals surface area contributed by atoms with E-state index in [0.29, 0.717) is 0 Å². The summed E-state index contributed by atoms with van der Waals surface area (Å²) in [6, 6.07) is 7.71. The second-order valence-electron chi connectivity index (χ2n) is 2.82. The lowest BCUT2D eigenvalue weighted by Gasteiger charge is -2.03. The summed E-state index contributed by atoms with van der Waals surface area (Å²) in [4.78, 5) is 4.19. The molecule has 1 heterocycles. The Morgan fingerprint density at radius 3 is 3.08 bits per heavy atom. The van der Waals surface area contributed by atoms with Crippen LogP contribution in [0.25, 0.3) is 0 Å². The number of nitrogens with zero attached hydrogens (tertiary/aromatic N) is 1. The molecule has 0 aromatic heterocycles. The van der Waals surface area contributed by atoms with Crippen LogP contribution in [0.1, 0.15) is 11.1 Å². The van der Waals surface area contributed by atoms with Crippen molar-refractivity contribution >= 4 is 5.90 Å². The van der Waals surface area contributed by atoms with Gasteiger partial charge in [-0.15, -0.1) is 5.10 Å². The minimum absolute atomic E-state index is 0.230. The summed E-state index contributed by atoms with van der Waals surface area (Å²) < 4.78 is 0. The normalized spacial score (nSPS) is 15.0. The summed E-state index contributed by atoms with van der Waals surface area (Å²) in [7, 11) is 0. The van der Waals surface area contributed by atoms with Crippen LogP contribution in [0.3, 0.4) is 0 Å². The van der Waals surface area contributed by atoms with Crippen LogP contribution >= 0.6 is 0 Å². The van der Waals surface area contributed by atoms with E-state index in [0.717, 1.165) is 24.1 Å². The van der Waals surface area contributed by atoms with Crippen molar-refractivity contribution in [3.8, 4) is 0 Å². The lowest BCUT2D eigenvalue weighted by atomic mass is 10.1. The fraction of sp³-hybridized carbons (Fsp3) is 0.222. The summed E-state index contributed by atoms with van der Waals surface area (Å²) in [6.07, 6.45) is 0.881. The summed E-state index contributed by atoms with van der Waals surface area (Å²) in [5.74, 6) is 0.230. The monoisotopic (exact) mass is 178 g/mol. The van der Waals surface area contributed by atoms with Crippen molar-refractivity contribution in [1.82, 2.24) is 5.43 Å². The average molecular weight is 178 g/mol. The summed E-state index contributed by atoms with van der Waals surface area (Å²) in [6.45, 7) is 0.754. The smallest absolute Gasteiger partial charge is 0.279 e. The largest absolute Gasteiger partial charge is 0.317 e. The average Bonchev–Trinajstić information content (AvgIpc) is 2.39. The van der Waals surface area contributed by atoms with E-state index in [1.54, 1.807) is 0 Å². The minimum atomic E-state index is 0.230. The molecule has 1 aromatic carbocycles. The molecule has 1 aliphatic rings. The van der Waals surface area contributed by atoms with E-state index in [4.69, 9.17) is 5.26 Å². The fourth-order valence-electron chi connectivity index (χ4n) is 1.40. The number of nitrogens with one attached hydrogen (secondary N) is 1. The van der Waals surface area contributed by atoms with Gasteiger partial charge in [-0.25, -0.2) is 5.26 Å². The van der Waals surface area contributed by atoms with E-state index in [2.05, 4.69) is 15.4 Å². The molecule has 0 amide bonds. The zero-order valence-electron chi connectivity index (χ0n) is 7.03. The highest BCUT2D eigenvalue weighted by atomic mass is 17.1. The van der Waals surface area contributed by atoms with Crippen molar-refractivity contribution in [3.05, 3.63) is 35.4 Å². The Morgan fingerprint density at radius 1 is 1.38 bits per heavy atom. The van der Waals surface area contributed by atoms with Crippen LogP contribution in [-0.4, -0.2) is 17.7 Å². The number of hydrogen-bond donors (Lipinski definition) is 2. The molecule has 0 radical (unpaired) electrons. The second-order valence-corrected chi connectivity index (χ2v) is 2.82. The molecule has 0 aliphatic carbocycles. The molecule has 0 fully saturated rings. The minimum Gasteiger partial charge on any atom is -0.317 e. The first kappa shape index (κ1) is 8.07. The van der Waals surface area contributed by atoms with E-state index in [1.165, 1.54) is 0 Å². The van der Waals surface area contributed by atoms with E-state index in [-0.39, 0.29) is 5.90 Å². The quantitative estimate of drug-likeness (QED) is 0.460. The van der Waals surface area contributed by atoms with Gasteiger partial charge in [-0.2, -0.15) is 0 Å². The zero-order valence-corrected chi connectivity index (χ0v) is 7.03. The molecular formula is C9H10N2O2. The van der Waals surface area contributed by atoms with E-state index >= 15 is 0 Å². The van der Waals surface area contributed by atoms with Crippen molar-refractivity contribution in [2.75, 3.05) is 6.54 Å². The van der Waals surface area contributed by atoms with Crippen LogP contribution in [0.15, 0.2) is 29.4 Å². The summed E-state index contributed by atoms with van der Waals surface area (Å²) in [5, 5.41) is 12.5. The van der Waals surface area contributed by atoms with Gasteiger partial charge in [-0.05, 0) is 18.1 Å². The van der Waals surface area contributed by atoms with Crippen LogP contribution in [0.2, 0.25) is 0 Å². The summed E-state index contributed by atoms with van der Waals surface area (Å²) >= 11 is 0. The maximum absolute atomic E-state index is 8.59. The Balaban J connectivity index is 2.47. The Kier molecular flexibility index (Phi) is 2.14. The second kappa shape index (κ2) is 3.45. The first-order chi connectivity index (χ1) is 6.42. The highest BCUT2D eigenvalue weighted by Crippen LogP contribution is 2.12. The van der Waals surface area contributed by atoms with Crippen molar-refractivity contribution in [1.29, 1.82) is 0 Å². The molecule has 1 aliphatic heterocycles. The van der Waals surface area contributed by atoms with Crippen molar-refractivity contribution in [3.63, 3.8) is 0 Å². The van der Waals surface area contributed by atoms with Crippen molar-refractivity contribution in [2.24, 2.45) is 5.10 Å². The molecule has 0 spiro atoms. The molecule has 68 valence electrons. The molecule has 4 heteroatoms. The number of fused-ring (bicyclic) bond motifs is 1. The Morgan fingerprint density at radius 2 is 2.23 bits per heavy atom. The predicted molar refractivity (Wildman–Crippen MR) is 48.4 cm³/mol. The Bertz CT molecular complexity index is 336. The Labute approximate surface area is 75.8 Å². The number of hydrogen-bond acceptors (Lipinski definition) is 4. The van der Waals surface area contributed by atoms with Crippen molar-refractivity contribution in [2.45, 2.75) is 6.42 Å². The number of rotatable bonds is 0. The molecular weight excluding hydrogens is 168 g/mol. The van der Waals surface area contributed by atoms with E-state index in [9.17, 15) is 0 Å². The molecule has 1 aromatic rings. The third-order valence-electron chi connectivity index (χ3n) is 2.02. The van der Waals surface area contributed by atoms with Gasteiger partial charge >= 0.3 is 0 Å². The van der Waals surface area contributed by atoms with Gasteiger partial charge in [0, 0.05) is 12.1 Å². The van der Waals surface area contributed by atoms with Gasteiger partial charge in [0.05, 0.1) is 0 Å². The highest BCUT2D eigenvalue weighted by Gasteiger charge is 2.12. The lowest BCUT2D eigenvalue weighted by Crippen LogP contribution is -2.10. The standard InChI is InChI=1S/C9H10N2O2/c12-13-9-8-4-2-1-3-7(8)5-6-10-11-9/h1-4,10,12H,5-6H2. The third kappa shape index (κ3) is 1.48. The van der Waals surface area contributed by atoms with Crippen LogP contribution in [0.5, 0.6) is 0 Å². The van der Waals surface area contributed by atoms with Crippen molar-refractivity contribution < 1.29 is 10.1 Å². The number of benzene rings is 1. The van der Waals surface area contributed by atoms with Gasteiger partial charge in [0.2, 0.25) is 0 Å². The van der Waals surface area contributed by atoms with Gasteiger partial charge in [0.15, 0.2) is 0 Å².